The number of hydrogen-bond donors (Lipinski definition) is 2. The maximum atomic E-state index is 12.2. The van der Waals surface area contributed by atoms with Crippen LogP contribution in [0.3, 0.4) is 0 Å². The van der Waals surface area contributed by atoms with E-state index in [9.17, 15) is 4.79 Å². The molecule has 0 bridgehead atoms. The fourth-order valence-corrected chi connectivity index (χ4v) is 4.16. The Hall–Kier alpha value is -3.07. The van der Waals surface area contributed by atoms with Crippen molar-refractivity contribution in [3.05, 3.63) is 60.9 Å². The second kappa shape index (κ2) is 10.0. The molecule has 0 aliphatic carbocycles. The van der Waals surface area contributed by atoms with Crippen molar-refractivity contribution in [2.24, 2.45) is 0 Å². The van der Waals surface area contributed by atoms with Gasteiger partial charge in [0.15, 0.2) is 24.1 Å². The van der Waals surface area contributed by atoms with E-state index in [-0.39, 0.29) is 30.9 Å². The summed E-state index contributed by atoms with van der Waals surface area (Å²) in [6, 6.07) is 17.4. The second-order valence-corrected chi connectivity index (χ2v) is 7.31. The van der Waals surface area contributed by atoms with Gasteiger partial charge in [0.1, 0.15) is 23.5 Å². The van der Waals surface area contributed by atoms with Crippen LogP contribution in [-0.4, -0.2) is 41.6 Å². The van der Waals surface area contributed by atoms with E-state index in [2.05, 4.69) is 20.2 Å². The van der Waals surface area contributed by atoms with Crippen molar-refractivity contribution in [1.82, 2.24) is 15.3 Å². The lowest BCUT2D eigenvalue weighted by Gasteiger charge is -2.32. The molecule has 3 N–H and O–H groups in total. The number of halogens is 2. The van der Waals surface area contributed by atoms with Crippen LogP contribution in [0.1, 0.15) is 6.42 Å². The van der Waals surface area contributed by atoms with E-state index >= 15 is 0 Å². The fraction of sp³-hybridized carbons (Fsp3) is 0.227. The number of nitrogens with zero attached hydrogens (tertiary/aromatic N) is 4. The zero-order chi connectivity index (χ0) is 20.5. The molecule has 168 valence electrons. The number of fused-ring (bicyclic) bond motifs is 1. The molecule has 2 aliphatic heterocycles. The number of hydrogen-bond acceptors (Lipinski definition) is 8. The molecule has 0 amide bonds. The van der Waals surface area contributed by atoms with Crippen LogP contribution in [-0.2, 0) is 4.79 Å². The standard InChI is InChI=1S/C22H22N6O2.2ClH/c23-21-20-22(26-14-25-21)28(16-10-11-24-12-16)19(13-29)27(20)15-6-8-18(9-7-15)30-17-4-2-1-3-5-17;;/h1-9,13-14,16,19,24H,10-12H2,(H2,23,25,26);2*1H/t16-,19?;;/m1../s1. The van der Waals surface area contributed by atoms with E-state index in [1.807, 2.05) is 59.5 Å². The minimum absolute atomic E-state index is 0. The maximum Gasteiger partial charge on any atom is 0.165 e. The summed E-state index contributed by atoms with van der Waals surface area (Å²) < 4.78 is 5.89. The molecular formula is C22H24Cl2N6O2. The summed E-state index contributed by atoms with van der Waals surface area (Å²) in [4.78, 5) is 24.8. The van der Waals surface area contributed by atoms with Gasteiger partial charge in [-0.05, 0) is 49.4 Å². The predicted octanol–water partition coefficient (Wildman–Crippen LogP) is 3.54. The highest BCUT2D eigenvalue weighted by Gasteiger charge is 2.43. The third-order valence-corrected chi connectivity index (χ3v) is 5.51. The van der Waals surface area contributed by atoms with Gasteiger partial charge in [-0.2, -0.15) is 0 Å². The molecule has 8 nitrogen and oxygen atoms in total. The molecule has 1 fully saturated rings. The lowest BCUT2D eigenvalue weighted by Crippen LogP contribution is -2.48. The normalized spacial score (nSPS) is 19.0. The number of rotatable bonds is 5. The first kappa shape index (κ1) is 23.6. The highest BCUT2D eigenvalue weighted by Crippen LogP contribution is 2.46. The number of aldehydes is 1. The van der Waals surface area contributed by atoms with Crippen LogP contribution in [0.25, 0.3) is 0 Å². The molecule has 1 unspecified atom stereocenters. The van der Waals surface area contributed by atoms with E-state index in [1.165, 1.54) is 6.33 Å². The summed E-state index contributed by atoms with van der Waals surface area (Å²) >= 11 is 0. The Morgan fingerprint density at radius 2 is 1.75 bits per heavy atom. The first-order valence-electron chi connectivity index (χ1n) is 9.93. The summed E-state index contributed by atoms with van der Waals surface area (Å²) in [7, 11) is 0. The van der Waals surface area contributed by atoms with Crippen molar-refractivity contribution in [1.29, 1.82) is 0 Å². The van der Waals surface area contributed by atoms with E-state index in [0.717, 1.165) is 37.2 Å². The van der Waals surface area contributed by atoms with Crippen molar-refractivity contribution in [3.63, 3.8) is 0 Å². The molecule has 0 saturated carbocycles. The molecule has 10 heteroatoms. The SMILES string of the molecule is Cl.Cl.Nc1ncnc2c1N(c1ccc(Oc3ccccc3)cc1)C(C=O)N2[C@@H]1CCNC1. The average molecular weight is 475 g/mol. The van der Waals surface area contributed by atoms with Crippen LogP contribution in [0, 0.1) is 0 Å². The quantitative estimate of drug-likeness (QED) is 0.541. The second-order valence-electron chi connectivity index (χ2n) is 7.31. The number of ether oxygens (including phenoxy) is 1. The third kappa shape index (κ3) is 4.17. The lowest BCUT2D eigenvalue weighted by atomic mass is 10.2. The van der Waals surface area contributed by atoms with Crippen LogP contribution in [0.2, 0.25) is 0 Å². The summed E-state index contributed by atoms with van der Waals surface area (Å²) in [5.41, 5.74) is 7.72. The molecule has 1 aromatic heterocycles. The van der Waals surface area contributed by atoms with E-state index in [0.29, 0.717) is 23.1 Å². The number of nitrogens with two attached hydrogens (primary N) is 1. The Bertz CT molecular complexity index is 1050. The molecule has 32 heavy (non-hydrogen) atoms. The van der Waals surface area contributed by atoms with E-state index in [1.54, 1.807) is 0 Å². The van der Waals surface area contributed by atoms with Crippen molar-refractivity contribution in [3.8, 4) is 11.5 Å². The monoisotopic (exact) mass is 474 g/mol. The highest BCUT2D eigenvalue weighted by atomic mass is 35.5. The number of anilines is 4. The smallest absolute Gasteiger partial charge is 0.165 e. The van der Waals surface area contributed by atoms with Crippen LogP contribution in [0.4, 0.5) is 23.0 Å². The maximum absolute atomic E-state index is 12.2. The lowest BCUT2D eigenvalue weighted by molar-refractivity contribution is -0.108. The number of aromatic nitrogens is 2. The first-order chi connectivity index (χ1) is 14.8. The van der Waals surface area contributed by atoms with Crippen molar-refractivity contribution in [2.75, 3.05) is 28.6 Å². The first-order valence-corrected chi connectivity index (χ1v) is 9.93. The molecule has 3 aromatic rings. The minimum atomic E-state index is -0.537. The zero-order valence-corrected chi connectivity index (χ0v) is 18.8. The summed E-state index contributed by atoms with van der Waals surface area (Å²) in [6.45, 7) is 1.71. The molecular weight excluding hydrogens is 451 g/mol. The Morgan fingerprint density at radius 1 is 1.03 bits per heavy atom. The predicted molar refractivity (Wildman–Crippen MR) is 130 cm³/mol. The van der Waals surface area contributed by atoms with Gasteiger partial charge in [-0.25, -0.2) is 9.97 Å². The largest absolute Gasteiger partial charge is 0.457 e. The van der Waals surface area contributed by atoms with Gasteiger partial charge in [-0.1, -0.05) is 18.2 Å². The minimum Gasteiger partial charge on any atom is -0.457 e. The van der Waals surface area contributed by atoms with Gasteiger partial charge < -0.3 is 25.6 Å². The van der Waals surface area contributed by atoms with Gasteiger partial charge in [0.25, 0.3) is 0 Å². The number of carbonyl (C=O) groups is 1. The zero-order valence-electron chi connectivity index (χ0n) is 17.1. The summed E-state index contributed by atoms with van der Waals surface area (Å²) in [5, 5.41) is 3.36. The topological polar surface area (TPSA) is 96.6 Å². The van der Waals surface area contributed by atoms with Crippen LogP contribution in [0.5, 0.6) is 11.5 Å². The Labute approximate surface area is 198 Å². The molecule has 1 saturated heterocycles. The highest BCUT2D eigenvalue weighted by molar-refractivity contribution is 5.94. The molecule has 2 aromatic carbocycles. The molecule has 0 spiro atoms. The summed E-state index contributed by atoms with van der Waals surface area (Å²) in [6.07, 6.45) is 2.79. The molecule has 0 radical (unpaired) electrons. The number of benzene rings is 2. The van der Waals surface area contributed by atoms with Gasteiger partial charge in [0, 0.05) is 18.3 Å². The van der Waals surface area contributed by atoms with Crippen molar-refractivity contribution >= 4 is 54.1 Å². The third-order valence-electron chi connectivity index (χ3n) is 5.51. The van der Waals surface area contributed by atoms with E-state index in [4.69, 9.17) is 10.5 Å². The van der Waals surface area contributed by atoms with E-state index < -0.39 is 6.17 Å². The molecule has 5 rings (SSSR count). The number of para-hydroxylation sites is 1. The number of carbonyl (C=O) groups excluding carboxylic acids is 1. The van der Waals surface area contributed by atoms with Crippen LogP contribution >= 0.6 is 24.8 Å². The van der Waals surface area contributed by atoms with Crippen LogP contribution in [0.15, 0.2) is 60.9 Å². The molecule has 2 atom stereocenters. The average Bonchev–Trinajstić information content (AvgIpc) is 3.41. The fourth-order valence-electron chi connectivity index (χ4n) is 4.16. The Morgan fingerprint density at radius 3 is 2.41 bits per heavy atom. The Balaban J connectivity index is 0.00000144. The van der Waals surface area contributed by atoms with Gasteiger partial charge in [-0.3, -0.25) is 4.79 Å². The molecule has 3 heterocycles. The van der Waals surface area contributed by atoms with Gasteiger partial charge in [-0.15, -0.1) is 24.8 Å². The molecule has 2 aliphatic rings. The number of nitrogens with one attached hydrogen (secondary N) is 1. The van der Waals surface area contributed by atoms with Gasteiger partial charge in [0.05, 0.1) is 0 Å². The van der Waals surface area contributed by atoms with Crippen molar-refractivity contribution < 1.29 is 9.53 Å². The van der Waals surface area contributed by atoms with Gasteiger partial charge >= 0.3 is 0 Å². The van der Waals surface area contributed by atoms with Crippen molar-refractivity contribution in [2.45, 2.75) is 18.6 Å². The summed E-state index contributed by atoms with van der Waals surface area (Å²) in [5.74, 6) is 2.52. The number of nitrogen functional groups attached to an aromatic ring is 1. The van der Waals surface area contributed by atoms with Crippen LogP contribution < -0.4 is 25.6 Å². The van der Waals surface area contributed by atoms with Gasteiger partial charge in [0.2, 0.25) is 0 Å². The Kier molecular flexibility index (Phi) is 7.40.